The lowest BCUT2D eigenvalue weighted by molar-refractivity contribution is -0.145. The number of amides is 2. The number of nitrogens with two attached hydrogens (primary N) is 1. The second kappa shape index (κ2) is 4.41. The topological polar surface area (TPSA) is 72.6 Å². The minimum Gasteiger partial charge on any atom is -0.372 e. The number of carbonyl (C=O) groups excluding carboxylic acids is 2. The van der Waals surface area contributed by atoms with Crippen LogP contribution in [0.1, 0.15) is 20.3 Å². The Morgan fingerprint density at radius 1 is 1.36 bits per heavy atom. The number of ether oxygens (including phenoxy) is 1. The van der Waals surface area contributed by atoms with Crippen molar-refractivity contribution >= 4 is 11.8 Å². The van der Waals surface area contributed by atoms with E-state index in [-0.39, 0.29) is 24.5 Å². The molecule has 0 radical (unpaired) electrons. The van der Waals surface area contributed by atoms with E-state index >= 15 is 0 Å². The lowest BCUT2D eigenvalue weighted by atomic mass is 10.2. The molecule has 0 saturated carbocycles. The molecule has 2 unspecified atom stereocenters. The van der Waals surface area contributed by atoms with Crippen LogP contribution in [0.25, 0.3) is 0 Å². The van der Waals surface area contributed by atoms with Crippen molar-refractivity contribution in [2.24, 2.45) is 5.73 Å². The van der Waals surface area contributed by atoms with Crippen LogP contribution in [0.3, 0.4) is 0 Å². The molecule has 1 fully saturated rings. The fraction of sp³-hybridized carbons (Fsp3) is 0.778. The van der Waals surface area contributed by atoms with E-state index in [4.69, 9.17) is 10.5 Å². The van der Waals surface area contributed by atoms with Gasteiger partial charge in [0.05, 0.1) is 12.2 Å². The number of carbonyl (C=O) groups is 2. The van der Waals surface area contributed by atoms with Crippen LogP contribution in [0.4, 0.5) is 0 Å². The largest absolute Gasteiger partial charge is 0.372 e. The van der Waals surface area contributed by atoms with Crippen LogP contribution < -0.4 is 5.73 Å². The van der Waals surface area contributed by atoms with Gasteiger partial charge in [-0.25, -0.2) is 0 Å². The number of primary amides is 1. The summed E-state index contributed by atoms with van der Waals surface area (Å²) in [6.07, 6.45) is -0.162. The van der Waals surface area contributed by atoms with E-state index < -0.39 is 5.91 Å². The summed E-state index contributed by atoms with van der Waals surface area (Å²) in [5.41, 5.74) is 4.95. The van der Waals surface area contributed by atoms with Crippen LogP contribution in [0.5, 0.6) is 0 Å². The van der Waals surface area contributed by atoms with Crippen LogP contribution in [-0.2, 0) is 14.3 Å². The Labute approximate surface area is 83.2 Å². The van der Waals surface area contributed by atoms with E-state index in [1.807, 2.05) is 13.8 Å². The van der Waals surface area contributed by atoms with E-state index in [1.54, 1.807) is 4.90 Å². The first-order valence-electron chi connectivity index (χ1n) is 4.70. The molecule has 2 N–H and O–H groups in total. The van der Waals surface area contributed by atoms with Gasteiger partial charge in [0.2, 0.25) is 11.8 Å². The Kier molecular flexibility index (Phi) is 3.46. The lowest BCUT2D eigenvalue weighted by Gasteiger charge is -2.35. The number of morpholine rings is 1. The molecule has 2 amide bonds. The smallest absolute Gasteiger partial charge is 0.232 e. The maximum absolute atomic E-state index is 11.5. The molecule has 1 saturated heterocycles. The first-order chi connectivity index (χ1) is 6.49. The highest BCUT2D eigenvalue weighted by atomic mass is 16.5. The first-order valence-corrected chi connectivity index (χ1v) is 4.70. The summed E-state index contributed by atoms with van der Waals surface area (Å²) in [6.45, 7) is 4.88. The van der Waals surface area contributed by atoms with Crippen molar-refractivity contribution in [1.82, 2.24) is 4.90 Å². The summed E-state index contributed by atoms with van der Waals surface area (Å²) in [6, 6.07) is 0. The Hall–Kier alpha value is -1.10. The SMILES string of the molecule is CC1CN(C(=O)CC(N)=O)CC(C)O1. The van der Waals surface area contributed by atoms with Crippen molar-refractivity contribution in [2.45, 2.75) is 32.5 Å². The third-order valence-corrected chi connectivity index (χ3v) is 2.10. The molecule has 0 spiro atoms. The molecule has 1 rings (SSSR count). The van der Waals surface area contributed by atoms with E-state index in [1.165, 1.54) is 0 Å². The van der Waals surface area contributed by atoms with Crippen LogP contribution in [0, 0.1) is 0 Å². The number of rotatable bonds is 2. The van der Waals surface area contributed by atoms with Crippen LogP contribution in [0.2, 0.25) is 0 Å². The van der Waals surface area contributed by atoms with Gasteiger partial charge in [-0.05, 0) is 13.8 Å². The Bertz CT molecular complexity index is 232. The second-order valence-electron chi connectivity index (χ2n) is 3.70. The summed E-state index contributed by atoms with van der Waals surface area (Å²) in [5, 5.41) is 0. The summed E-state index contributed by atoms with van der Waals surface area (Å²) >= 11 is 0. The van der Waals surface area contributed by atoms with Crippen molar-refractivity contribution in [3.05, 3.63) is 0 Å². The molecule has 0 aliphatic carbocycles. The standard InChI is InChI=1S/C9H16N2O3/c1-6-4-11(5-7(2)14-6)9(13)3-8(10)12/h6-7H,3-5H2,1-2H3,(H2,10,12). The van der Waals surface area contributed by atoms with E-state index in [0.29, 0.717) is 13.1 Å². The number of hydrogen-bond acceptors (Lipinski definition) is 3. The van der Waals surface area contributed by atoms with Crippen molar-refractivity contribution in [3.63, 3.8) is 0 Å². The molecule has 14 heavy (non-hydrogen) atoms. The fourth-order valence-corrected chi connectivity index (χ4v) is 1.64. The van der Waals surface area contributed by atoms with Gasteiger partial charge in [0.15, 0.2) is 0 Å². The lowest BCUT2D eigenvalue weighted by Crippen LogP contribution is -2.48. The number of hydrogen-bond donors (Lipinski definition) is 1. The van der Waals surface area contributed by atoms with Gasteiger partial charge in [-0.15, -0.1) is 0 Å². The normalized spacial score (nSPS) is 27.4. The van der Waals surface area contributed by atoms with Crippen molar-refractivity contribution < 1.29 is 14.3 Å². The zero-order chi connectivity index (χ0) is 10.7. The van der Waals surface area contributed by atoms with Gasteiger partial charge in [-0.1, -0.05) is 0 Å². The molecule has 1 aliphatic rings. The van der Waals surface area contributed by atoms with Crippen molar-refractivity contribution in [2.75, 3.05) is 13.1 Å². The van der Waals surface area contributed by atoms with Crippen molar-refractivity contribution in [1.29, 1.82) is 0 Å². The van der Waals surface area contributed by atoms with Gasteiger partial charge in [-0.2, -0.15) is 0 Å². The average molecular weight is 200 g/mol. The first kappa shape index (κ1) is 11.0. The summed E-state index contributed by atoms with van der Waals surface area (Å²) in [7, 11) is 0. The molecular formula is C9H16N2O3. The Balaban J connectivity index is 2.50. The van der Waals surface area contributed by atoms with Crippen LogP contribution in [0.15, 0.2) is 0 Å². The molecule has 1 heterocycles. The molecule has 0 aromatic rings. The van der Waals surface area contributed by atoms with Crippen LogP contribution >= 0.6 is 0 Å². The van der Waals surface area contributed by atoms with Gasteiger partial charge < -0.3 is 15.4 Å². The molecular weight excluding hydrogens is 184 g/mol. The highest BCUT2D eigenvalue weighted by Crippen LogP contribution is 2.11. The maximum atomic E-state index is 11.5. The Morgan fingerprint density at radius 2 is 1.86 bits per heavy atom. The molecule has 1 aliphatic heterocycles. The molecule has 0 aromatic heterocycles. The van der Waals surface area contributed by atoms with Gasteiger partial charge in [-0.3, -0.25) is 9.59 Å². The maximum Gasteiger partial charge on any atom is 0.232 e. The second-order valence-corrected chi connectivity index (χ2v) is 3.70. The zero-order valence-corrected chi connectivity index (χ0v) is 8.53. The number of nitrogens with zero attached hydrogens (tertiary/aromatic N) is 1. The third kappa shape index (κ3) is 2.99. The van der Waals surface area contributed by atoms with Gasteiger partial charge in [0.1, 0.15) is 6.42 Å². The fourth-order valence-electron chi connectivity index (χ4n) is 1.64. The summed E-state index contributed by atoms with van der Waals surface area (Å²) in [5.74, 6) is -0.790. The monoisotopic (exact) mass is 200 g/mol. The van der Waals surface area contributed by atoms with E-state index in [9.17, 15) is 9.59 Å². The third-order valence-electron chi connectivity index (χ3n) is 2.10. The van der Waals surface area contributed by atoms with Gasteiger partial charge >= 0.3 is 0 Å². The minimum absolute atomic E-state index is 0.0237. The van der Waals surface area contributed by atoms with Gasteiger partial charge in [0.25, 0.3) is 0 Å². The molecule has 5 heteroatoms. The van der Waals surface area contributed by atoms with Crippen molar-refractivity contribution in [3.8, 4) is 0 Å². The highest BCUT2D eigenvalue weighted by Gasteiger charge is 2.26. The van der Waals surface area contributed by atoms with Crippen LogP contribution in [-0.4, -0.2) is 42.0 Å². The molecule has 2 atom stereocenters. The predicted molar refractivity (Wildman–Crippen MR) is 50.4 cm³/mol. The van der Waals surface area contributed by atoms with E-state index in [0.717, 1.165) is 0 Å². The van der Waals surface area contributed by atoms with E-state index in [2.05, 4.69) is 0 Å². The summed E-state index contributed by atoms with van der Waals surface area (Å²) in [4.78, 5) is 23.7. The Morgan fingerprint density at radius 3 is 2.29 bits per heavy atom. The predicted octanol–water partition coefficient (Wildman–Crippen LogP) is -0.502. The minimum atomic E-state index is -0.582. The zero-order valence-electron chi connectivity index (χ0n) is 8.53. The molecule has 80 valence electrons. The summed E-state index contributed by atoms with van der Waals surface area (Å²) < 4.78 is 5.46. The highest BCUT2D eigenvalue weighted by molar-refractivity contribution is 5.96. The average Bonchev–Trinajstić information content (AvgIpc) is 2.00. The molecule has 0 aromatic carbocycles. The molecule has 5 nitrogen and oxygen atoms in total. The quantitative estimate of drug-likeness (QED) is 0.611. The van der Waals surface area contributed by atoms with Gasteiger partial charge in [0, 0.05) is 13.1 Å². The molecule has 0 bridgehead atoms.